The van der Waals surface area contributed by atoms with Crippen LogP contribution in [0.25, 0.3) is 27.7 Å². The summed E-state index contributed by atoms with van der Waals surface area (Å²) in [7, 11) is 3.17. The Morgan fingerprint density at radius 2 is 1.74 bits per heavy atom. The SMILES string of the molecule is COc1ccc(-c2coc3c(C)c(OC)c(/C(C)=C/C(=O)NCc4c(F)cccc4F)cc23)cc1. The first-order chi connectivity index (χ1) is 16.8. The van der Waals surface area contributed by atoms with Gasteiger partial charge in [0, 0.05) is 40.3 Å². The number of nitrogens with one attached hydrogen (secondary N) is 1. The number of halogens is 2. The van der Waals surface area contributed by atoms with Crippen molar-refractivity contribution in [2.24, 2.45) is 0 Å². The van der Waals surface area contributed by atoms with E-state index in [2.05, 4.69) is 5.32 Å². The highest BCUT2D eigenvalue weighted by Crippen LogP contribution is 2.40. The minimum atomic E-state index is -0.709. The fraction of sp³-hybridized carbons (Fsp3) is 0.179. The summed E-state index contributed by atoms with van der Waals surface area (Å²) in [6.45, 7) is 3.40. The standard InChI is InChI=1S/C28H25F2NO4/c1-16(12-26(32)31-14-22-24(29)6-5-7-25(22)30)20-13-21-23(18-8-10-19(33-3)11-9-18)15-35-28(21)17(2)27(20)34-4/h5-13,15H,14H2,1-4H3,(H,31,32)/b16-12+. The average Bonchev–Trinajstić information content (AvgIpc) is 3.28. The summed E-state index contributed by atoms with van der Waals surface area (Å²) in [5, 5.41) is 3.41. The number of allylic oxidation sites excluding steroid dienone is 1. The van der Waals surface area contributed by atoms with E-state index >= 15 is 0 Å². The Morgan fingerprint density at radius 3 is 2.37 bits per heavy atom. The fourth-order valence-corrected chi connectivity index (χ4v) is 4.07. The third-order valence-corrected chi connectivity index (χ3v) is 5.92. The summed E-state index contributed by atoms with van der Waals surface area (Å²) < 4.78 is 44.5. The molecule has 1 heterocycles. The first kappa shape index (κ1) is 24.0. The van der Waals surface area contributed by atoms with E-state index in [9.17, 15) is 13.6 Å². The topological polar surface area (TPSA) is 60.7 Å². The van der Waals surface area contributed by atoms with Crippen LogP contribution in [0.3, 0.4) is 0 Å². The number of hydrogen-bond acceptors (Lipinski definition) is 4. The first-order valence-electron chi connectivity index (χ1n) is 11.0. The summed E-state index contributed by atoms with van der Waals surface area (Å²) in [5.41, 5.74) is 4.46. The van der Waals surface area contributed by atoms with Crippen molar-refractivity contribution in [2.45, 2.75) is 20.4 Å². The summed E-state index contributed by atoms with van der Waals surface area (Å²) in [4.78, 5) is 12.6. The smallest absolute Gasteiger partial charge is 0.244 e. The van der Waals surface area contributed by atoms with Crippen molar-refractivity contribution in [3.8, 4) is 22.6 Å². The van der Waals surface area contributed by atoms with Gasteiger partial charge >= 0.3 is 0 Å². The Hall–Kier alpha value is -4.13. The maximum absolute atomic E-state index is 13.9. The van der Waals surface area contributed by atoms with Gasteiger partial charge in [0.05, 0.1) is 20.5 Å². The number of furan rings is 1. The van der Waals surface area contributed by atoms with Crippen LogP contribution in [0, 0.1) is 18.6 Å². The molecule has 35 heavy (non-hydrogen) atoms. The molecule has 1 N–H and O–H groups in total. The molecule has 0 fully saturated rings. The molecular formula is C28H25F2NO4. The largest absolute Gasteiger partial charge is 0.497 e. The van der Waals surface area contributed by atoms with E-state index in [1.165, 1.54) is 12.1 Å². The van der Waals surface area contributed by atoms with Crippen molar-refractivity contribution >= 4 is 22.4 Å². The van der Waals surface area contributed by atoms with Crippen molar-refractivity contribution in [1.29, 1.82) is 0 Å². The highest BCUT2D eigenvalue weighted by molar-refractivity contribution is 6.01. The van der Waals surface area contributed by atoms with E-state index in [-0.39, 0.29) is 12.1 Å². The van der Waals surface area contributed by atoms with Gasteiger partial charge in [0.2, 0.25) is 5.91 Å². The van der Waals surface area contributed by atoms with Crippen molar-refractivity contribution < 1.29 is 27.5 Å². The summed E-state index contributed by atoms with van der Waals surface area (Å²) in [6, 6.07) is 13.1. The number of ether oxygens (including phenoxy) is 2. The van der Waals surface area contributed by atoms with Crippen LogP contribution < -0.4 is 14.8 Å². The summed E-state index contributed by atoms with van der Waals surface area (Å²) in [5.74, 6) is -0.568. The predicted octanol–water partition coefficient (Wildman–Crippen LogP) is 6.42. The molecule has 4 aromatic rings. The quantitative estimate of drug-likeness (QED) is 0.312. The molecule has 1 amide bonds. The van der Waals surface area contributed by atoms with E-state index in [0.717, 1.165) is 40.0 Å². The molecule has 4 rings (SSSR count). The lowest BCUT2D eigenvalue weighted by Gasteiger charge is -2.13. The zero-order valence-electron chi connectivity index (χ0n) is 19.9. The lowest BCUT2D eigenvalue weighted by molar-refractivity contribution is -0.116. The van der Waals surface area contributed by atoms with E-state index in [4.69, 9.17) is 13.9 Å². The second kappa shape index (κ2) is 10.0. The lowest BCUT2D eigenvalue weighted by atomic mass is 9.96. The van der Waals surface area contributed by atoms with Crippen LogP contribution in [-0.2, 0) is 11.3 Å². The van der Waals surface area contributed by atoms with Gasteiger partial charge in [-0.1, -0.05) is 18.2 Å². The molecule has 0 radical (unpaired) electrons. The molecule has 5 nitrogen and oxygen atoms in total. The molecular weight excluding hydrogens is 452 g/mol. The third-order valence-electron chi connectivity index (χ3n) is 5.92. The van der Waals surface area contributed by atoms with Gasteiger partial charge in [-0.15, -0.1) is 0 Å². The van der Waals surface area contributed by atoms with Crippen LogP contribution in [0.15, 0.2) is 65.3 Å². The van der Waals surface area contributed by atoms with Crippen LogP contribution in [-0.4, -0.2) is 20.1 Å². The van der Waals surface area contributed by atoms with Gasteiger partial charge in [-0.3, -0.25) is 4.79 Å². The summed E-state index contributed by atoms with van der Waals surface area (Å²) >= 11 is 0. The molecule has 0 atom stereocenters. The van der Waals surface area contributed by atoms with Gasteiger partial charge in [-0.05, 0) is 55.3 Å². The van der Waals surface area contributed by atoms with E-state index < -0.39 is 17.5 Å². The zero-order valence-corrected chi connectivity index (χ0v) is 19.9. The van der Waals surface area contributed by atoms with Crippen molar-refractivity contribution in [3.05, 3.63) is 89.2 Å². The minimum absolute atomic E-state index is 0.190. The van der Waals surface area contributed by atoms with Crippen LogP contribution >= 0.6 is 0 Å². The highest BCUT2D eigenvalue weighted by Gasteiger charge is 2.19. The lowest BCUT2D eigenvalue weighted by Crippen LogP contribution is -2.22. The molecule has 0 bridgehead atoms. The first-order valence-corrected chi connectivity index (χ1v) is 11.0. The Labute approximate surface area is 202 Å². The van der Waals surface area contributed by atoms with Crippen LogP contribution in [0.2, 0.25) is 0 Å². The zero-order chi connectivity index (χ0) is 25.1. The summed E-state index contributed by atoms with van der Waals surface area (Å²) in [6.07, 6.45) is 3.08. The number of fused-ring (bicyclic) bond motifs is 1. The molecule has 1 aromatic heterocycles. The number of carbonyl (C=O) groups excluding carboxylic acids is 1. The van der Waals surface area contributed by atoms with Crippen LogP contribution in [0.4, 0.5) is 8.78 Å². The molecule has 3 aromatic carbocycles. The molecule has 180 valence electrons. The molecule has 0 saturated heterocycles. The molecule has 7 heteroatoms. The fourth-order valence-electron chi connectivity index (χ4n) is 4.07. The number of methoxy groups -OCH3 is 2. The predicted molar refractivity (Wildman–Crippen MR) is 131 cm³/mol. The Bertz CT molecular complexity index is 1400. The van der Waals surface area contributed by atoms with Gasteiger partial charge in [0.15, 0.2) is 0 Å². The van der Waals surface area contributed by atoms with Crippen molar-refractivity contribution in [1.82, 2.24) is 5.32 Å². The van der Waals surface area contributed by atoms with Gasteiger partial charge in [0.1, 0.15) is 28.7 Å². The van der Waals surface area contributed by atoms with Crippen molar-refractivity contribution in [2.75, 3.05) is 14.2 Å². The molecule has 0 aliphatic heterocycles. The minimum Gasteiger partial charge on any atom is -0.497 e. The number of amides is 1. The monoisotopic (exact) mass is 477 g/mol. The number of benzene rings is 3. The average molecular weight is 478 g/mol. The molecule has 0 aliphatic carbocycles. The normalized spacial score (nSPS) is 11.5. The number of rotatable bonds is 7. The van der Waals surface area contributed by atoms with E-state index in [1.807, 2.05) is 37.3 Å². The maximum atomic E-state index is 13.9. The molecule has 0 unspecified atom stereocenters. The highest BCUT2D eigenvalue weighted by atomic mass is 19.1. The van der Waals surface area contributed by atoms with Crippen LogP contribution in [0.5, 0.6) is 11.5 Å². The maximum Gasteiger partial charge on any atom is 0.244 e. The van der Waals surface area contributed by atoms with Gasteiger partial charge in [-0.2, -0.15) is 0 Å². The second-order valence-electron chi connectivity index (χ2n) is 8.08. The van der Waals surface area contributed by atoms with Gasteiger partial charge < -0.3 is 19.2 Å². The number of carbonyl (C=O) groups is 1. The molecule has 0 spiro atoms. The Morgan fingerprint density at radius 1 is 1.06 bits per heavy atom. The van der Waals surface area contributed by atoms with E-state index in [1.54, 1.807) is 27.4 Å². The third kappa shape index (κ3) is 4.75. The Balaban J connectivity index is 1.68. The number of aryl methyl sites for hydroxylation is 1. The van der Waals surface area contributed by atoms with Crippen molar-refractivity contribution in [3.63, 3.8) is 0 Å². The second-order valence-corrected chi connectivity index (χ2v) is 8.08. The Kier molecular flexibility index (Phi) is 6.87. The van der Waals surface area contributed by atoms with Gasteiger partial charge in [-0.25, -0.2) is 8.78 Å². The van der Waals surface area contributed by atoms with E-state index in [0.29, 0.717) is 22.5 Å². The molecule has 0 saturated carbocycles. The molecule has 0 aliphatic rings. The van der Waals surface area contributed by atoms with Crippen LogP contribution in [0.1, 0.15) is 23.6 Å². The van der Waals surface area contributed by atoms with Gasteiger partial charge in [0.25, 0.3) is 0 Å². The number of hydrogen-bond donors (Lipinski definition) is 1.